The van der Waals surface area contributed by atoms with Crippen LogP contribution in [0.3, 0.4) is 0 Å². The fourth-order valence-electron chi connectivity index (χ4n) is 1.47. The Bertz CT molecular complexity index is 589. The molecular weight excluding hydrogens is 298 g/mol. The minimum Gasteiger partial charge on any atom is -0.478 e. The van der Waals surface area contributed by atoms with Crippen molar-refractivity contribution < 1.29 is 9.53 Å². The van der Waals surface area contributed by atoms with Gasteiger partial charge in [-0.3, -0.25) is 4.79 Å². The maximum atomic E-state index is 11.7. The van der Waals surface area contributed by atoms with Crippen LogP contribution in [0.15, 0.2) is 24.5 Å². The summed E-state index contributed by atoms with van der Waals surface area (Å²) < 4.78 is 5.40. The van der Waals surface area contributed by atoms with Crippen molar-refractivity contribution >= 4 is 34.0 Å². The third-order valence-electron chi connectivity index (χ3n) is 2.36. The molecule has 0 aliphatic carbocycles. The van der Waals surface area contributed by atoms with Crippen LogP contribution in [0.2, 0.25) is 5.02 Å². The predicted molar refractivity (Wildman–Crippen MR) is 79.5 cm³/mol. The lowest BCUT2D eigenvalue weighted by molar-refractivity contribution is -0.116. The second kappa shape index (κ2) is 7.21. The number of rotatable bonds is 6. The van der Waals surface area contributed by atoms with E-state index >= 15 is 0 Å². The lowest BCUT2D eigenvalue weighted by Crippen LogP contribution is -2.12. The van der Waals surface area contributed by atoms with Crippen LogP contribution in [0.1, 0.15) is 17.7 Å². The maximum absolute atomic E-state index is 11.7. The van der Waals surface area contributed by atoms with Crippen LogP contribution >= 0.6 is 22.9 Å². The number of anilines is 1. The van der Waals surface area contributed by atoms with Crippen LogP contribution in [0.25, 0.3) is 0 Å². The van der Waals surface area contributed by atoms with Gasteiger partial charge in [-0.1, -0.05) is 11.6 Å². The fraction of sp³-hybridized carbons (Fsp3) is 0.308. The van der Waals surface area contributed by atoms with E-state index in [1.54, 1.807) is 24.5 Å². The summed E-state index contributed by atoms with van der Waals surface area (Å²) in [4.78, 5) is 20.8. The molecule has 0 fully saturated rings. The number of nitrogens with zero attached hydrogens (tertiary/aromatic N) is 2. The fourth-order valence-corrected chi connectivity index (χ4v) is 2.30. The molecule has 2 aromatic rings. The number of hydrogen-bond donors (Lipinski definition) is 1. The van der Waals surface area contributed by atoms with Gasteiger partial charge in [0.1, 0.15) is 0 Å². The lowest BCUT2D eigenvalue weighted by Gasteiger charge is -2.05. The third kappa shape index (κ3) is 4.79. The zero-order valence-corrected chi connectivity index (χ0v) is 12.5. The van der Waals surface area contributed by atoms with Gasteiger partial charge in [0.2, 0.25) is 11.8 Å². The summed E-state index contributed by atoms with van der Waals surface area (Å²) in [6.45, 7) is 2.36. The van der Waals surface area contributed by atoms with Crippen molar-refractivity contribution in [1.82, 2.24) is 9.97 Å². The highest BCUT2D eigenvalue weighted by Crippen LogP contribution is 2.17. The number of aromatic nitrogens is 2. The second-order valence-corrected chi connectivity index (χ2v) is 5.76. The number of hydrogen-bond acceptors (Lipinski definition) is 5. The van der Waals surface area contributed by atoms with E-state index in [0.29, 0.717) is 35.5 Å². The number of amides is 1. The molecule has 0 aliphatic heterocycles. The number of ether oxygens (including phenoxy) is 1. The molecule has 0 saturated heterocycles. The van der Waals surface area contributed by atoms with Gasteiger partial charge in [0.15, 0.2) is 5.13 Å². The normalized spacial score (nSPS) is 10.3. The molecule has 5 nitrogen and oxygen atoms in total. The summed E-state index contributed by atoms with van der Waals surface area (Å²) in [5.74, 6) is 0.399. The molecule has 20 heavy (non-hydrogen) atoms. The Labute approximate surface area is 126 Å². The van der Waals surface area contributed by atoms with Crippen molar-refractivity contribution in [2.24, 2.45) is 0 Å². The lowest BCUT2D eigenvalue weighted by atomic mass is 10.3. The summed E-state index contributed by atoms with van der Waals surface area (Å²) in [6.07, 6.45) is 4.28. The molecule has 2 rings (SSSR count). The Morgan fingerprint density at radius 3 is 3.05 bits per heavy atom. The number of nitrogens with one attached hydrogen (secondary N) is 1. The zero-order chi connectivity index (χ0) is 14.4. The van der Waals surface area contributed by atoms with Gasteiger partial charge in [-0.25, -0.2) is 9.97 Å². The molecule has 2 aromatic heterocycles. The third-order valence-corrected chi connectivity index (χ3v) is 3.43. The summed E-state index contributed by atoms with van der Waals surface area (Å²) >= 11 is 7.27. The average molecular weight is 312 g/mol. The summed E-state index contributed by atoms with van der Waals surface area (Å²) in [6, 6.07) is 3.32. The van der Waals surface area contributed by atoms with Crippen molar-refractivity contribution in [2.45, 2.75) is 19.8 Å². The number of carbonyl (C=O) groups excluding carboxylic acids is 1. The highest BCUT2D eigenvalue weighted by molar-refractivity contribution is 7.15. The van der Waals surface area contributed by atoms with Gasteiger partial charge in [0.25, 0.3) is 0 Å². The second-order valence-electron chi connectivity index (χ2n) is 4.09. The van der Waals surface area contributed by atoms with E-state index in [4.69, 9.17) is 16.3 Å². The van der Waals surface area contributed by atoms with Crippen LogP contribution in [-0.4, -0.2) is 22.5 Å². The summed E-state index contributed by atoms with van der Waals surface area (Å²) in [5, 5.41) is 3.95. The van der Waals surface area contributed by atoms with E-state index in [1.165, 1.54) is 11.3 Å². The van der Waals surface area contributed by atoms with Crippen LogP contribution in [0.5, 0.6) is 5.88 Å². The highest BCUT2D eigenvalue weighted by atomic mass is 35.5. The first-order chi connectivity index (χ1) is 9.63. The van der Waals surface area contributed by atoms with Gasteiger partial charge >= 0.3 is 0 Å². The van der Waals surface area contributed by atoms with Crippen LogP contribution in [0, 0.1) is 6.92 Å². The molecule has 106 valence electrons. The zero-order valence-electron chi connectivity index (χ0n) is 10.9. The molecule has 0 saturated carbocycles. The average Bonchev–Trinajstić information content (AvgIpc) is 2.80. The van der Waals surface area contributed by atoms with Crippen molar-refractivity contribution in [3.05, 3.63) is 34.4 Å². The smallest absolute Gasteiger partial charge is 0.226 e. The van der Waals surface area contributed by atoms with E-state index in [-0.39, 0.29) is 5.91 Å². The molecule has 1 N–H and O–H groups in total. The summed E-state index contributed by atoms with van der Waals surface area (Å²) in [7, 11) is 0. The van der Waals surface area contributed by atoms with Gasteiger partial charge < -0.3 is 10.1 Å². The SMILES string of the molecule is Cc1cnc(NC(=O)CCCOc2cc(Cl)ccn2)s1. The van der Waals surface area contributed by atoms with E-state index in [0.717, 1.165) is 4.88 Å². The largest absolute Gasteiger partial charge is 0.478 e. The molecule has 2 heterocycles. The molecule has 0 radical (unpaired) electrons. The van der Waals surface area contributed by atoms with Crippen LogP contribution in [0.4, 0.5) is 5.13 Å². The van der Waals surface area contributed by atoms with Crippen molar-refractivity contribution in [1.29, 1.82) is 0 Å². The van der Waals surface area contributed by atoms with E-state index in [2.05, 4.69) is 15.3 Å². The molecular formula is C13H14ClN3O2S. The quantitative estimate of drug-likeness (QED) is 0.831. The molecule has 1 amide bonds. The van der Waals surface area contributed by atoms with Crippen LogP contribution in [-0.2, 0) is 4.79 Å². The molecule has 0 aliphatic rings. The first-order valence-electron chi connectivity index (χ1n) is 6.10. The Morgan fingerprint density at radius 1 is 1.50 bits per heavy atom. The van der Waals surface area contributed by atoms with Crippen molar-refractivity contribution in [3.8, 4) is 5.88 Å². The number of aryl methyl sites for hydroxylation is 1. The molecule has 0 spiro atoms. The minimum atomic E-state index is -0.0676. The van der Waals surface area contributed by atoms with E-state index < -0.39 is 0 Å². The summed E-state index contributed by atoms with van der Waals surface area (Å²) in [5.41, 5.74) is 0. The first-order valence-corrected chi connectivity index (χ1v) is 7.29. The van der Waals surface area contributed by atoms with Crippen molar-refractivity contribution in [3.63, 3.8) is 0 Å². The van der Waals surface area contributed by atoms with Gasteiger partial charge in [-0.2, -0.15) is 0 Å². The van der Waals surface area contributed by atoms with Gasteiger partial charge in [0.05, 0.1) is 6.61 Å². The molecule has 0 bridgehead atoms. The van der Waals surface area contributed by atoms with E-state index in [1.807, 2.05) is 6.92 Å². The van der Waals surface area contributed by atoms with Gasteiger partial charge in [-0.05, 0) is 19.4 Å². The number of halogens is 1. The highest BCUT2D eigenvalue weighted by Gasteiger charge is 2.05. The molecule has 7 heteroatoms. The molecule has 0 atom stereocenters. The standard InChI is InChI=1S/C13H14ClN3O2S/c1-9-8-16-13(20-9)17-11(18)3-2-6-19-12-7-10(14)4-5-15-12/h4-5,7-8H,2-3,6H2,1H3,(H,16,17,18). The Hall–Kier alpha value is -1.66. The minimum absolute atomic E-state index is 0.0676. The Morgan fingerprint density at radius 2 is 2.35 bits per heavy atom. The Kier molecular flexibility index (Phi) is 5.31. The van der Waals surface area contributed by atoms with Gasteiger partial charge in [-0.15, -0.1) is 11.3 Å². The maximum Gasteiger partial charge on any atom is 0.226 e. The monoisotopic (exact) mass is 311 g/mol. The molecule has 0 aromatic carbocycles. The van der Waals surface area contributed by atoms with Crippen LogP contribution < -0.4 is 10.1 Å². The number of thiazole rings is 1. The van der Waals surface area contributed by atoms with Gasteiger partial charge in [0, 0.05) is 34.8 Å². The Balaban J connectivity index is 1.67. The predicted octanol–water partition coefficient (Wildman–Crippen LogP) is 3.30. The number of pyridine rings is 1. The van der Waals surface area contributed by atoms with E-state index in [9.17, 15) is 4.79 Å². The topological polar surface area (TPSA) is 64.1 Å². The first kappa shape index (κ1) is 14.7. The molecule has 0 unspecified atom stereocenters. The number of carbonyl (C=O) groups is 1. The van der Waals surface area contributed by atoms with Crippen molar-refractivity contribution in [2.75, 3.05) is 11.9 Å².